The van der Waals surface area contributed by atoms with Gasteiger partial charge in [-0.15, -0.1) is 13.2 Å². The van der Waals surface area contributed by atoms with Crippen LogP contribution < -0.4 is 10.3 Å². The molecule has 2 aromatic rings. The fraction of sp³-hybridized carbons (Fsp3) is 0.143. The number of pyridine rings is 1. The molecule has 0 atom stereocenters. The molecule has 0 saturated heterocycles. The summed E-state index contributed by atoms with van der Waals surface area (Å²) in [4.78, 5) is 23.5. The number of hydrogen-bond donors (Lipinski definition) is 0. The first-order valence-corrected chi connectivity index (χ1v) is 6.87. The predicted molar refractivity (Wildman–Crippen MR) is 77.8 cm³/mol. The Bertz CT molecular complexity index is 784. The lowest BCUT2D eigenvalue weighted by Crippen LogP contribution is -2.20. The van der Waals surface area contributed by atoms with Gasteiger partial charge in [0.1, 0.15) is 5.75 Å². The molecule has 9 heteroatoms. The number of hydrogen-bond acceptors (Lipinski definition) is 4. The molecule has 0 amide bonds. The molecule has 0 aliphatic carbocycles. The zero-order chi connectivity index (χ0) is 17.2. The van der Waals surface area contributed by atoms with E-state index in [1.165, 1.54) is 25.4 Å². The first-order valence-electron chi connectivity index (χ1n) is 6.08. The largest absolute Gasteiger partial charge is 0.573 e. The second-order valence-electron chi connectivity index (χ2n) is 4.28. The van der Waals surface area contributed by atoms with Crippen LogP contribution >= 0.6 is 15.9 Å². The molecule has 1 heterocycles. The van der Waals surface area contributed by atoms with Gasteiger partial charge in [0.25, 0.3) is 5.56 Å². The fourth-order valence-corrected chi connectivity index (χ4v) is 2.27. The third kappa shape index (κ3) is 4.13. The van der Waals surface area contributed by atoms with Crippen molar-refractivity contribution >= 4 is 21.9 Å². The molecule has 0 fully saturated rings. The van der Waals surface area contributed by atoms with Crippen LogP contribution in [0.1, 0.15) is 10.4 Å². The minimum absolute atomic E-state index is 0.0470. The van der Waals surface area contributed by atoms with E-state index in [1.807, 2.05) is 0 Å². The van der Waals surface area contributed by atoms with Crippen molar-refractivity contribution in [2.24, 2.45) is 0 Å². The first kappa shape index (κ1) is 17.1. The van der Waals surface area contributed by atoms with Gasteiger partial charge in [0.05, 0.1) is 12.7 Å². The van der Waals surface area contributed by atoms with E-state index >= 15 is 0 Å². The summed E-state index contributed by atoms with van der Waals surface area (Å²) >= 11 is 3.14. The van der Waals surface area contributed by atoms with Crippen LogP contribution in [0.15, 0.2) is 45.8 Å². The van der Waals surface area contributed by atoms with Crippen LogP contribution in [-0.2, 0) is 4.74 Å². The monoisotopic (exact) mass is 391 g/mol. The highest BCUT2D eigenvalue weighted by atomic mass is 79.9. The minimum atomic E-state index is -4.79. The van der Waals surface area contributed by atoms with Gasteiger partial charge >= 0.3 is 12.3 Å². The zero-order valence-electron chi connectivity index (χ0n) is 11.6. The number of alkyl halides is 3. The van der Waals surface area contributed by atoms with E-state index in [4.69, 9.17) is 0 Å². The second kappa shape index (κ2) is 6.45. The summed E-state index contributed by atoms with van der Waals surface area (Å²) < 4.78 is 46.1. The highest BCUT2D eigenvalue weighted by Gasteiger charge is 2.31. The molecule has 0 N–H and O–H groups in total. The van der Waals surface area contributed by atoms with Crippen molar-refractivity contribution in [1.82, 2.24) is 4.57 Å². The summed E-state index contributed by atoms with van der Waals surface area (Å²) in [6, 6.07) is 5.80. The second-order valence-corrected chi connectivity index (χ2v) is 5.13. The van der Waals surface area contributed by atoms with Crippen molar-refractivity contribution in [1.29, 1.82) is 0 Å². The van der Waals surface area contributed by atoms with Gasteiger partial charge in [-0.2, -0.15) is 0 Å². The van der Waals surface area contributed by atoms with E-state index in [0.717, 1.165) is 22.8 Å². The van der Waals surface area contributed by atoms with Crippen molar-refractivity contribution in [3.8, 4) is 11.4 Å². The molecule has 2 rings (SSSR count). The number of nitrogens with zero attached hydrogens (tertiary/aromatic N) is 1. The van der Waals surface area contributed by atoms with Gasteiger partial charge in [-0.05, 0) is 40.2 Å². The highest BCUT2D eigenvalue weighted by Crippen LogP contribution is 2.24. The summed E-state index contributed by atoms with van der Waals surface area (Å²) in [6.45, 7) is 0. The van der Waals surface area contributed by atoms with E-state index in [-0.39, 0.29) is 5.56 Å². The van der Waals surface area contributed by atoms with E-state index < -0.39 is 23.6 Å². The number of esters is 1. The van der Waals surface area contributed by atoms with Crippen molar-refractivity contribution in [3.63, 3.8) is 0 Å². The van der Waals surface area contributed by atoms with Crippen LogP contribution in [0.4, 0.5) is 13.2 Å². The number of halogens is 4. The average Bonchev–Trinajstić information content (AvgIpc) is 2.48. The molecule has 0 aliphatic heterocycles. The van der Waals surface area contributed by atoms with Gasteiger partial charge in [-0.25, -0.2) is 4.79 Å². The van der Waals surface area contributed by atoms with Gasteiger partial charge in [-0.3, -0.25) is 9.36 Å². The molecule has 0 bridgehead atoms. The fourth-order valence-electron chi connectivity index (χ4n) is 1.79. The van der Waals surface area contributed by atoms with Crippen molar-refractivity contribution in [2.75, 3.05) is 7.11 Å². The highest BCUT2D eigenvalue weighted by molar-refractivity contribution is 9.10. The van der Waals surface area contributed by atoms with Crippen LogP contribution in [0.2, 0.25) is 0 Å². The van der Waals surface area contributed by atoms with Crippen LogP contribution in [0.5, 0.6) is 5.75 Å². The van der Waals surface area contributed by atoms with Crippen LogP contribution in [0.25, 0.3) is 5.69 Å². The third-order valence-corrected chi connectivity index (χ3v) is 3.39. The molecule has 5 nitrogen and oxygen atoms in total. The molecule has 1 aromatic carbocycles. The van der Waals surface area contributed by atoms with Gasteiger partial charge in [0.15, 0.2) is 0 Å². The molecule has 0 aliphatic rings. The van der Waals surface area contributed by atoms with Crippen LogP contribution in [0, 0.1) is 0 Å². The summed E-state index contributed by atoms with van der Waals surface area (Å²) in [5.41, 5.74) is -0.189. The number of rotatable bonds is 3. The first-order chi connectivity index (χ1) is 10.7. The van der Waals surface area contributed by atoms with E-state index in [2.05, 4.69) is 25.4 Å². The van der Waals surface area contributed by atoms with Gasteiger partial charge in [0, 0.05) is 22.4 Å². The maximum absolute atomic E-state index is 12.1. The standard InChI is InChI=1S/C14H9BrF3NO4/c1-22-13(21)10-6-12(20)19(7-11(10)15)8-2-4-9(5-3-8)23-14(16,17)18/h2-7H,1H3. The van der Waals surface area contributed by atoms with E-state index in [9.17, 15) is 22.8 Å². The Labute approximate surface area is 136 Å². The van der Waals surface area contributed by atoms with E-state index in [0.29, 0.717) is 10.2 Å². The Morgan fingerprint density at radius 3 is 2.35 bits per heavy atom. The van der Waals surface area contributed by atoms with E-state index in [1.54, 1.807) is 0 Å². The predicted octanol–water partition coefficient (Wildman–Crippen LogP) is 3.29. The van der Waals surface area contributed by atoms with Gasteiger partial charge in [0.2, 0.25) is 0 Å². The Hall–Kier alpha value is -2.29. The average molecular weight is 392 g/mol. The minimum Gasteiger partial charge on any atom is -0.465 e. The smallest absolute Gasteiger partial charge is 0.465 e. The Morgan fingerprint density at radius 1 is 1.22 bits per heavy atom. The molecule has 0 radical (unpaired) electrons. The zero-order valence-corrected chi connectivity index (χ0v) is 13.1. The lowest BCUT2D eigenvalue weighted by atomic mass is 10.2. The number of carbonyl (C=O) groups is 1. The molecule has 0 unspecified atom stereocenters. The molecule has 122 valence electrons. The van der Waals surface area contributed by atoms with Crippen molar-refractivity contribution in [2.45, 2.75) is 6.36 Å². The number of aromatic nitrogens is 1. The molecular formula is C14H9BrF3NO4. The van der Waals surface area contributed by atoms with Crippen molar-refractivity contribution in [3.05, 3.63) is 56.9 Å². The number of carbonyl (C=O) groups excluding carboxylic acids is 1. The quantitative estimate of drug-likeness (QED) is 0.753. The van der Waals surface area contributed by atoms with Crippen molar-refractivity contribution < 1.29 is 27.4 Å². The normalized spacial score (nSPS) is 11.2. The molecule has 0 spiro atoms. The summed E-state index contributed by atoms with van der Waals surface area (Å²) in [5, 5.41) is 0. The maximum Gasteiger partial charge on any atom is 0.573 e. The van der Waals surface area contributed by atoms with Gasteiger partial charge < -0.3 is 9.47 Å². The number of methoxy groups -OCH3 is 1. The molecule has 1 aromatic heterocycles. The Kier molecular flexibility index (Phi) is 4.79. The molecule has 0 saturated carbocycles. The van der Waals surface area contributed by atoms with Crippen LogP contribution in [-0.4, -0.2) is 24.0 Å². The SMILES string of the molecule is COC(=O)c1cc(=O)n(-c2ccc(OC(F)(F)F)cc2)cc1Br. The van der Waals surface area contributed by atoms with Gasteiger partial charge in [-0.1, -0.05) is 0 Å². The molecular weight excluding hydrogens is 383 g/mol. The third-order valence-electron chi connectivity index (χ3n) is 2.76. The summed E-state index contributed by atoms with van der Waals surface area (Å²) in [5.74, 6) is -1.09. The molecule has 23 heavy (non-hydrogen) atoms. The lowest BCUT2D eigenvalue weighted by Gasteiger charge is -2.11. The summed E-state index contributed by atoms with van der Waals surface area (Å²) in [6.07, 6.45) is -3.46. The Balaban J connectivity index is 2.37. The topological polar surface area (TPSA) is 57.5 Å². The maximum atomic E-state index is 12.1. The lowest BCUT2D eigenvalue weighted by molar-refractivity contribution is -0.274. The summed E-state index contributed by atoms with van der Waals surface area (Å²) in [7, 11) is 1.18. The van der Waals surface area contributed by atoms with Crippen LogP contribution in [0.3, 0.4) is 0 Å². The Morgan fingerprint density at radius 2 is 1.83 bits per heavy atom. The number of benzene rings is 1. The number of ether oxygens (including phenoxy) is 2.